The van der Waals surface area contributed by atoms with Crippen molar-refractivity contribution >= 4 is 161 Å². The van der Waals surface area contributed by atoms with Crippen molar-refractivity contribution in [1.29, 1.82) is 0 Å². The number of rotatable bonds is 15. The van der Waals surface area contributed by atoms with Gasteiger partial charge in [-0.2, -0.15) is 0 Å². The highest BCUT2D eigenvalue weighted by molar-refractivity contribution is 7.18. The molecule has 1 N–H and O–H groups in total. The highest BCUT2D eigenvalue weighted by Crippen LogP contribution is 2.55. The standard InChI is InChI=1S/C67H74N2OS.C40H46ClNO.C27H29NS/c1-62(2,3)43-21-26-48(27-22-43)68(50-30-31-59-53(39-50)54-40-56-57(41-60(54)70-59)66(12,13)34-33-65(56,10)11)51-35-47(64(7,8)9)36-52(38-51)69(49-28-23-44(24-29-49)63(4,5)6)58-42-71-61-32-25-46(37-55(58)61)67(14,15)45-19-17-16-18-20-45;1-37(2,3)25-11-13-28(14-12-25)42(30-20-26(38(4,5)6)19-27(41)21-30)29-15-16-35-31(22-29)32-23-33-34(24-36(32)43-35)40(9,10)18-17-39(33,7)8;1-26(2,3)19-11-14-22(15-12-19)28-24-18-29-25-16-13-21(17-23(24)25)27(4,5)20-9-7-6-8-10-20/h16-32,35-42H,33-34H2,1-15H3;11-16,19-24H,17-18H2,1-10H3;6-18,28H,1-5H3. The van der Waals surface area contributed by atoms with Crippen molar-refractivity contribution in [3.05, 3.63) is 385 Å². The molecular formula is C134H149ClN4O2S2. The van der Waals surface area contributed by atoms with Crippen LogP contribution in [-0.4, -0.2) is 0 Å². The molecule has 6 nitrogen and oxygen atoms in total. The lowest BCUT2D eigenvalue weighted by atomic mass is 9.63. The van der Waals surface area contributed by atoms with Crippen molar-refractivity contribution in [3.8, 4) is 0 Å². The Kier molecular flexibility index (Phi) is 26.2. The number of thiophene rings is 2. The molecule has 0 radical (unpaired) electrons. The third kappa shape index (κ3) is 20.3. The highest BCUT2D eigenvalue weighted by Gasteiger charge is 2.41. The van der Waals surface area contributed by atoms with Gasteiger partial charge in [-0.05, 0) is 328 Å². The summed E-state index contributed by atoms with van der Waals surface area (Å²) in [6, 6.07) is 109. The molecule has 2 aliphatic rings. The van der Waals surface area contributed by atoms with E-state index in [0.29, 0.717) is 0 Å². The fourth-order valence-electron chi connectivity index (χ4n) is 21.3. The summed E-state index contributed by atoms with van der Waals surface area (Å²) in [4.78, 5) is 7.32. The smallest absolute Gasteiger partial charge is 0.135 e. The Morgan fingerprint density at radius 2 is 0.566 bits per heavy atom. The van der Waals surface area contributed by atoms with Crippen LogP contribution in [0, 0.1) is 0 Å². The van der Waals surface area contributed by atoms with E-state index in [4.69, 9.17) is 20.4 Å². The number of benzene rings is 14. The second kappa shape index (κ2) is 37.0. The molecule has 143 heavy (non-hydrogen) atoms. The summed E-state index contributed by atoms with van der Waals surface area (Å²) in [5.74, 6) is 0. The number of hydrogen-bond donors (Lipinski definition) is 1. The lowest BCUT2D eigenvalue weighted by Crippen LogP contribution is -2.33. The molecule has 0 saturated heterocycles. The number of nitrogens with one attached hydrogen (secondary N) is 1. The van der Waals surface area contributed by atoms with Gasteiger partial charge in [0.25, 0.3) is 0 Å². The SMILES string of the molecule is CC(C)(C)c1ccc(N(c2cc(Cl)cc(C(C)(C)C)c2)c2ccc3oc4cc5c(cc4c3c2)C(C)(C)CCC5(C)C)cc1.CC(C)(C)c1ccc(N(c2cc(N(c3ccc(C(C)(C)C)cc3)c3csc4ccc(C(C)(C)c5ccccc5)cc34)cc(C(C)(C)C)c2)c2ccc3oc4cc5c(cc4c3c2)C(C)(C)CCC5(C)C)cc1.CC(C)(C)c1ccc(Nc2csc3ccc(C(C)(C)c4ccccc4)cc23)cc1. The second-order valence-electron chi connectivity index (χ2n) is 50.8. The third-order valence-electron chi connectivity index (χ3n) is 31.5. The van der Waals surface area contributed by atoms with Gasteiger partial charge in [0.1, 0.15) is 22.3 Å². The second-order valence-corrected chi connectivity index (χ2v) is 53.1. The zero-order valence-corrected chi connectivity index (χ0v) is 92.9. The van der Waals surface area contributed by atoms with Gasteiger partial charge in [0, 0.05) is 120 Å². The summed E-state index contributed by atoms with van der Waals surface area (Å²) in [5.41, 5.74) is 35.1. The van der Waals surface area contributed by atoms with E-state index >= 15 is 0 Å². The van der Waals surface area contributed by atoms with Gasteiger partial charge in [0.15, 0.2) is 0 Å². The molecule has 4 aromatic heterocycles. The quantitative estimate of drug-likeness (QED) is 0.110. The Balaban J connectivity index is 0.000000158. The average molecular weight is 1950 g/mol. The van der Waals surface area contributed by atoms with E-state index in [1.54, 1.807) is 11.3 Å². The van der Waals surface area contributed by atoms with Crippen LogP contribution in [0.15, 0.2) is 311 Å². The van der Waals surface area contributed by atoms with Gasteiger partial charge < -0.3 is 28.9 Å². The van der Waals surface area contributed by atoms with E-state index < -0.39 is 0 Å². The van der Waals surface area contributed by atoms with Crippen LogP contribution in [0.25, 0.3) is 64.0 Å². The molecule has 0 spiro atoms. The molecule has 4 heterocycles. The summed E-state index contributed by atoms with van der Waals surface area (Å²) in [6.45, 7) is 69.4. The average Bonchev–Trinajstić information content (AvgIpc) is 1.63. The topological polar surface area (TPSA) is 48.0 Å². The molecule has 9 heteroatoms. The molecular weight excluding hydrogens is 1800 g/mol. The Morgan fingerprint density at radius 3 is 0.958 bits per heavy atom. The van der Waals surface area contributed by atoms with Gasteiger partial charge in [0.05, 0.1) is 11.4 Å². The number of fused-ring (bicyclic) bond motifs is 10. The summed E-state index contributed by atoms with van der Waals surface area (Å²) in [5, 5.41) is 16.2. The maximum Gasteiger partial charge on any atom is 0.135 e. The molecule has 0 unspecified atom stereocenters. The van der Waals surface area contributed by atoms with Crippen molar-refractivity contribution in [3.63, 3.8) is 0 Å². The van der Waals surface area contributed by atoms with Gasteiger partial charge in [-0.1, -0.05) is 341 Å². The summed E-state index contributed by atoms with van der Waals surface area (Å²) in [7, 11) is 0. The molecule has 18 aromatic rings. The van der Waals surface area contributed by atoms with Crippen LogP contribution in [0.3, 0.4) is 0 Å². The van der Waals surface area contributed by atoms with Gasteiger partial charge in [-0.15, -0.1) is 22.7 Å². The predicted octanol–water partition coefficient (Wildman–Crippen LogP) is 41.2. The van der Waals surface area contributed by atoms with E-state index in [0.717, 1.165) is 102 Å². The number of anilines is 11. The monoisotopic (exact) mass is 1950 g/mol. The lowest BCUT2D eigenvalue weighted by molar-refractivity contribution is 0.332. The fourth-order valence-corrected chi connectivity index (χ4v) is 23.4. The Hall–Kier alpha value is -11.9. The minimum absolute atomic E-state index is 0.0152. The first kappa shape index (κ1) is 101. The Bertz CT molecular complexity index is 7760. The molecule has 0 amide bonds. The van der Waals surface area contributed by atoms with Crippen LogP contribution in [-0.2, 0) is 65.0 Å². The van der Waals surface area contributed by atoms with Gasteiger partial charge >= 0.3 is 0 Å². The first-order valence-corrected chi connectivity index (χ1v) is 53.9. The molecule has 0 bridgehead atoms. The molecule has 14 aromatic carbocycles. The molecule has 0 saturated carbocycles. The van der Waals surface area contributed by atoms with Crippen LogP contribution in [0.4, 0.5) is 62.6 Å². The van der Waals surface area contributed by atoms with Crippen molar-refractivity contribution in [2.75, 3.05) is 20.0 Å². The molecule has 0 aliphatic heterocycles. The predicted molar refractivity (Wildman–Crippen MR) is 623 cm³/mol. The zero-order valence-electron chi connectivity index (χ0n) is 90.5. The Labute approximate surface area is 866 Å². The van der Waals surface area contributed by atoms with E-state index in [2.05, 4.69) is 530 Å². The normalized spacial score (nSPS) is 14.9. The lowest BCUT2D eigenvalue weighted by Gasteiger charge is -2.41. The van der Waals surface area contributed by atoms with Crippen molar-refractivity contribution in [2.45, 2.75) is 298 Å². The van der Waals surface area contributed by atoms with Crippen LogP contribution in [0.5, 0.6) is 0 Å². The number of nitrogens with zero attached hydrogens (tertiary/aromatic N) is 3. The maximum atomic E-state index is 6.79. The minimum Gasteiger partial charge on any atom is -0.456 e. The van der Waals surface area contributed by atoms with E-state index in [1.807, 2.05) is 11.3 Å². The van der Waals surface area contributed by atoms with Crippen LogP contribution >= 0.6 is 34.3 Å². The van der Waals surface area contributed by atoms with Crippen molar-refractivity contribution < 1.29 is 8.83 Å². The van der Waals surface area contributed by atoms with Crippen LogP contribution in [0.2, 0.25) is 5.02 Å². The van der Waals surface area contributed by atoms with Gasteiger partial charge in [-0.25, -0.2) is 0 Å². The summed E-state index contributed by atoms with van der Waals surface area (Å²) < 4.78 is 15.9. The third-order valence-corrected chi connectivity index (χ3v) is 33.6. The molecule has 736 valence electrons. The molecule has 2 aliphatic carbocycles. The van der Waals surface area contributed by atoms with E-state index in [-0.39, 0.29) is 65.0 Å². The fraction of sp³-hybridized carbons (Fsp3) is 0.343. The maximum absolute atomic E-state index is 6.79. The molecule has 20 rings (SSSR count). The van der Waals surface area contributed by atoms with E-state index in [9.17, 15) is 0 Å². The van der Waals surface area contributed by atoms with Crippen molar-refractivity contribution in [1.82, 2.24) is 0 Å². The van der Waals surface area contributed by atoms with Gasteiger partial charge in [-0.3, -0.25) is 0 Å². The number of furan rings is 2. The molecule has 0 atom stereocenters. The number of hydrogen-bond acceptors (Lipinski definition) is 8. The zero-order chi connectivity index (χ0) is 102. The number of halogens is 1. The molecule has 0 fully saturated rings. The highest BCUT2D eigenvalue weighted by atomic mass is 35.5. The Morgan fingerprint density at radius 1 is 0.252 bits per heavy atom. The first-order valence-electron chi connectivity index (χ1n) is 51.7. The first-order chi connectivity index (χ1) is 67.0. The minimum atomic E-state index is -0.191. The largest absolute Gasteiger partial charge is 0.456 e. The van der Waals surface area contributed by atoms with Crippen LogP contribution in [0.1, 0.15) is 311 Å². The summed E-state index contributed by atoms with van der Waals surface area (Å²) in [6.07, 6.45) is 4.69. The van der Waals surface area contributed by atoms with Crippen molar-refractivity contribution in [2.24, 2.45) is 0 Å². The summed E-state index contributed by atoms with van der Waals surface area (Å²) >= 11 is 10.4. The van der Waals surface area contributed by atoms with Crippen LogP contribution < -0.4 is 20.0 Å². The van der Waals surface area contributed by atoms with Gasteiger partial charge in [0.2, 0.25) is 0 Å². The van der Waals surface area contributed by atoms with E-state index in [1.165, 1.54) is 133 Å².